The second-order valence-corrected chi connectivity index (χ2v) is 10.2. The standard InChI is InChI=1S/C26H28FNO3S/c1-2-31-25(30)17-10-13-28(14-11-17)19-9-12-26(16-19)21-5-3-4-6-23(21)32-22-8-7-18(27)15-20(22)24(26)29/h3-8,15,17,19H,2,9-14,16H2,1H3. The van der Waals surface area contributed by atoms with Crippen molar-refractivity contribution in [3.05, 3.63) is 59.4 Å². The molecule has 2 heterocycles. The largest absolute Gasteiger partial charge is 0.466 e. The Kier molecular flexibility index (Phi) is 5.84. The summed E-state index contributed by atoms with van der Waals surface area (Å²) in [4.78, 5) is 30.4. The summed E-state index contributed by atoms with van der Waals surface area (Å²) in [5.41, 5.74) is 0.967. The molecule has 0 amide bonds. The molecule has 168 valence electrons. The van der Waals surface area contributed by atoms with E-state index in [1.165, 1.54) is 12.1 Å². The predicted molar refractivity (Wildman–Crippen MR) is 122 cm³/mol. The summed E-state index contributed by atoms with van der Waals surface area (Å²) in [5.74, 6) is -0.422. The predicted octanol–water partition coefficient (Wildman–Crippen LogP) is 5.24. The summed E-state index contributed by atoms with van der Waals surface area (Å²) in [5, 5.41) is 0. The maximum absolute atomic E-state index is 14.1. The SMILES string of the molecule is CCOC(=O)C1CCN(C2CCC3(C2)C(=O)c2cc(F)ccc2Sc2ccccc23)CC1. The number of piperidine rings is 1. The molecule has 1 saturated heterocycles. The van der Waals surface area contributed by atoms with Gasteiger partial charge in [-0.1, -0.05) is 30.0 Å². The molecule has 5 rings (SSSR count). The number of hydrogen-bond donors (Lipinski definition) is 0. The molecule has 3 aliphatic rings. The number of carbonyl (C=O) groups is 2. The Morgan fingerprint density at radius 2 is 1.94 bits per heavy atom. The summed E-state index contributed by atoms with van der Waals surface area (Å²) in [7, 11) is 0. The second-order valence-electron chi connectivity index (χ2n) is 9.11. The first kappa shape index (κ1) is 21.7. The average molecular weight is 454 g/mol. The minimum Gasteiger partial charge on any atom is -0.466 e. The van der Waals surface area contributed by atoms with Gasteiger partial charge in [0.1, 0.15) is 5.82 Å². The van der Waals surface area contributed by atoms with E-state index in [4.69, 9.17) is 4.74 Å². The fourth-order valence-corrected chi connectivity index (χ4v) is 6.92. The van der Waals surface area contributed by atoms with E-state index in [1.807, 2.05) is 19.1 Å². The van der Waals surface area contributed by atoms with Crippen LogP contribution in [0.15, 0.2) is 52.3 Å². The molecular weight excluding hydrogens is 425 g/mol. The fourth-order valence-electron chi connectivity index (χ4n) is 5.76. The third-order valence-corrected chi connectivity index (χ3v) is 8.55. The van der Waals surface area contributed by atoms with Gasteiger partial charge in [0.2, 0.25) is 0 Å². The normalized spacial score (nSPS) is 25.9. The minimum atomic E-state index is -0.620. The lowest BCUT2D eigenvalue weighted by atomic mass is 9.73. The number of hydrogen-bond acceptors (Lipinski definition) is 5. The van der Waals surface area contributed by atoms with Crippen LogP contribution in [-0.4, -0.2) is 42.4 Å². The van der Waals surface area contributed by atoms with Crippen molar-refractivity contribution in [2.45, 2.75) is 60.3 Å². The van der Waals surface area contributed by atoms with Gasteiger partial charge in [0.25, 0.3) is 0 Å². The number of carbonyl (C=O) groups excluding carboxylic acids is 2. The molecule has 4 nitrogen and oxygen atoms in total. The Labute approximate surface area is 192 Å². The quantitative estimate of drug-likeness (QED) is 0.595. The van der Waals surface area contributed by atoms with Crippen LogP contribution in [0.4, 0.5) is 4.39 Å². The van der Waals surface area contributed by atoms with Crippen molar-refractivity contribution in [2.24, 2.45) is 5.92 Å². The van der Waals surface area contributed by atoms with Gasteiger partial charge in [-0.3, -0.25) is 9.59 Å². The number of ether oxygens (including phenoxy) is 1. The average Bonchev–Trinajstić information content (AvgIpc) is 3.23. The highest BCUT2D eigenvalue weighted by Gasteiger charge is 2.51. The first-order valence-electron chi connectivity index (χ1n) is 11.5. The van der Waals surface area contributed by atoms with Gasteiger partial charge in [0, 0.05) is 21.4 Å². The molecule has 0 radical (unpaired) electrons. The monoisotopic (exact) mass is 453 g/mol. The van der Waals surface area contributed by atoms with Gasteiger partial charge in [-0.15, -0.1) is 0 Å². The van der Waals surface area contributed by atoms with Gasteiger partial charge in [0.05, 0.1) is 17.9 Å². The highest BCUT2D eigenvalue weighted by Crippen LogP contribution is 2.52. The van der Waals surface area contributed by atoms with Gasteiger partial charge in [-0.05, 0) is 81.9 Å². The van der Waals surface area contributed by atoms with E-state index in [0.717, 1.165) is 60.5 Å². The molecule has 2 atom stereocenters. The van der Waals surface area contributed by atoms with Crippen molar-refractivity contribution < 1.29 is 18.7 Å². The van der Waals surface area contributed by atoms with Crippen LogP contribution in [0, 0.1) is 11.7 Å². The lowest BCUT2D eigenvalue weighted by Crippen LogP contribution is -2.43. The lowest BCUT2D eigenvalue weighted by molar-refractivity contribution is -0.149. The van der Waals surface area contributed by atoms with E-state index in [-0.39, 0.29) is 29.5 Å². The Morgan fingerprint density at radius 3 is 2.72 bits per heavy atom. The minimum absolute atomic E-state index is 0.0203. The summed E-state index contributed by atoms with van der Waals surface area (Å²) in [6.45, 7) is 3.96. The van der Waals surface area contributed by atoms with Crippen LogP contribution in [0.25, 0.3) is 0 Å². The van der Waals surface area contributed by atoms with Gasteiger partial charge in [-0.25, -0.2) is 4.39 Å². The van der Waals surface area contributed by atoms with Crippen LogP contribution in [0.1, 0.15) is 54.9 Å². The molecule has 2 fully saturated rings. The number of Topliss-reactive ketones (excluding diaryl/α,β-unsaturated/α-hetero) is 1. The van der Waals surface area contributed by atoms with Crippen LogP contribution in [0.5, 0.6) is 0 Å². The number of rotatable bonds is 3. The summed E-state index contributed by atoms with van der Waals surface area (Å²) >= 11 is 1.57. The first-order valence-corrected chi connectivity index (χ1v) is 12.4. The number of nitrogens with zero attached hydrogens (tertiary/aromatic N) is 1. The molecule has 0 bridgehead atoms. The van der Waals surface area contributed by atoms with Crippen LogP contribution < -0.4 is 0 Å². The van der Waals surface area contributed by atoms with Gasteiger partial charge >= 0.3 is 5.97 Å². The zero-order valence-corrected chi connectivity index (χ0v) is 19.1. The lowest BCUT2D eigenvalue weighted by Gasteiger charge is -2.36. The van der Waals surface area contributed by atoms with Crippen molar-refractivity contribution in [1.29, 1.82) is 0 Å². The maximum atomic E-state index is 14.1. The highest BCUT2D eigenvalue weighted by atomic mass is 32.2. The van der Waals surface area contributed by atoms with Crippen LogP contribution in [-0.2, 0) is 14.9 Å². The van der Waals surface area contributed by atoms with Crippen molar-refractivity contribution >= 4 is 23.5 Å². The van der Waals surface area contributed by atoms with Crippen molar-refractivity contribution in [1.82, 2.24) is 4.90 Å². The molecule has 0 N–H and O–H groups in total. The second kappa shape index (κ2) is 8.64. The highest BCUT2D eigenvalue weighted by molar-refractivity contribution is 7.99. The molecule has 1 saturated carbocycles. The fraction of sp³-hybridized carbons (Fsp3) is 0.462. The summed E-state index contributed by atoms with van der Waals surface area (Å²) < 4.78 is 19.3. The number of ketones is 1. The van der Waals surface area contributed by atoms with E-state index in [2.05, 4.69) is 17.0 Å². The zero-order chi connectivity index (χ0) is 22.3. The number of benzene rings is 2. The third kappa shape index (κ3) is 3.67. The van der Waals surface area contributed by atoms with E-state index >= 15 is 0 Å². The smallest absolute Gasteiger partial charge is 0.309 e. The Balaban J connectivity index is 1.42. The van der Waals surface area contributed by atoms with Crippen LogP contribution >= 0.6 is 11.8 Å². The molecule has 2 aliphatic heterocycles. The van der Waals surface area contributed by atoms with Gasteiger partial charge in [0.15, 0.2) is 5.78 Å². The third-order valence-electron chi connectivity index (χ3n) is 7.40. The maximum Gasteiger partial charge on any atom is 0.309 e. The van der Waals surface area contributed by atoms with Crippen molar-refractivity contribution in [2.75, 3.05) is 19.7 Å². The van der Waals surface area contributed by atoms with Crippen LogP contribution in [0.2, 0.25) is 0 Å². The molecular formula is C26H28FNO3S. The first-order chi connectivity index (χ1) is 15.5. The molecule has 1 aliphatic carbocycles. The van der Waals surface area contributed by atoms with E-state index in [9.17, 15) is 14.0 Å². The number of esters is 1. The van der Waals surface area contributed by atoms with Gasteiger partial charge in [-0.2, -0.15) is 0 Å². The summed E-state index contributed by atoms with van der Waals surface area (Å²) in [6.07, 6.45) is 4.04. The van der Waals surface area contributed by atoms with E-state index in [1.54, 1.807) is 17.8 Å². The van der Waals surface area contributed by atoms with Crippen LogP contribution in [0.3, 0.4) is 0 Å². The Hall–Kier alpha value is -2.18. The van der Waals surface area contributed by atoms with Crippen molar-refractivity contribution in [3.8, 4) is 0 Å². The molecule has 2 aromatic carbocycles. The Morgan fingerprint density at radius 1 is 1.16 bits per heavy atom. The number of likely N-dealkylation sites (tertiary alicyclic amines) is 1. The number of halogens is 1. The molecule has 2 aromatic rings. The van der Waals surface area contributed by atoms with Gasteiger partial charge < -0.3 is 9.64 Å². The van der Waals surface area contributed by atoms with Crippen molar-refractivity contribution in [3.63, 3.8) is 0 Å². The molecule has 1 spiro atoms. The summed E-state index contributed by atoms with van der Waals surface area (Å²) in [6, 6.07) is 13.0. The molecule has 0 aromatic heterocycles. The zero-order valence-electron chi connectivity index (χ0n) is 18.3. The van der Waals surface area contributed by atoms with E-state index < -0.39 is 5.41 Å². The molecule has 32 heavy (non-hydrogen) atoms. The molecule has 6 heteroatoms. The molecule has 2 unspecified atom stereocenters. The van der Waals surface area contributed by atoms with E-state index in [0.29, 0.717) is 12.2 Å². The topological polar surface area (TPSA) is 46.6 Å². The Bertz CT molecular complexity index is 1050. The number of fused-ring (bicyclic) bond motifs is 3.